The summed E-state index contributed by atoms with van der Waals surface area (Å²) in [6.45, 7) is 11.5. The fourth-order valence-corrected chi connectivity index (χ4v) is 3.90. The van der Waals surface area contributed by atoms with E-state index in [0.717, 1.165) is 12.2 Å². The third-order valence-corrected chi connectivity index (χ3v) is 5.43. The molecule has 4 atom stereocenters. The maximum Gasteiger partial charge on any atom is 0.255 e. The molecule has 1 saturated heterocycles. The first-order valence-electron chi connectivity index (χ1n) is 9.05. The monoisotopic (exact) mass is 348 g/mol. The molecule has 25 heavy (non-hydrogen) atoms. The number of rotatable bonds is 5. The highest BCUT2D eigenvalue weighted by Crippen LogP contribution is 2.43. The summed E-state index contributed by atoms with van der Waals surface area (Å²) in [4.78, 5) is 27.1. The van der Waals surface area contributed by atoms with Gasteiger partial charge in [0.1, 0.15) is 11.5 Å². The van der Waals surface area contributed by atoms with Crippen LogP contribution in [0.15, 0.2) is 10.5 Å². The van der Waals surface area contributed by atoms with Crippen molar-refractivity contribution >= 4 is 11.8 Å². The lowest BCUT2D eigenvalue weighted by molar-refractivity contribution is -0.132. The van der Waals surface area contributed by atoms with E-state index in [4.69, 9.17) is 9.15 Å². The van der Waals surface area contributed by atoms with E-state index < -0.39 is 5.54 Å². The van der Waals surface area contributed by atoms with Gasteiger partial charge in [0, 0.05) is 19.7 Å². The molecular formula is C19H28N2O4. The van der Waals surface area contributed by atoms with Crippen LogP contribution in [0, 0.1) is 25.7 Å². The summed E-state index contributed by atoms with van der Waals surface area (Å²) in [5.41, 5.74) is 0.152. The van der Waals surface area contributed by atoms with Crippen LogP contribution in [0.1, 0.15) is 49.1 Å². The zero-order chi connectivity index (χ0) is 18.4. The number of ether oxygens (including phenoxy) is 1. The van der Waals surface area contributed by atoms with Gasteiger partial charge in [-0.1, -0.05) is 6.92 Å². The summed E-state index contributed by atoms with van der Waals surface area (Å²) >= 11 is 0. The van der Waals surface area contributed by atoms with Crippen molar-refractivity contribution in [3.8, 4) is 0 Å². The van der Waals surface area contributed by atoms with E-state index in [-0.39, 0.29) is 29.8 Å². The molecular weight excluding hydrogens is 320 g/mol. The summed E-state index contributed by atoms with van der Waals surface area (Å²) in [6.07, 6.45) is 0.802. The third-order valence-electron chi connectivity index (χ3n) is 5.43. The number of nitrogens with one attached hydrogen (secondary N) is 1. The molecule has 138 valence electrons. The van der Waals surface area contributed by atoms with Crippen LogP contribution >= 0.6 is 0 Å². The van der Waals surface area contributed by atoms with E-state index in [0.29, 0.717) is 31.0 Å². The van der Waals surface area contributed by atoms with Gasteiger partial charge in [0.25, 0.3) is 5.91 Å². The van der Waals surface area contributed by atoms with E-state index in [1.165, 1.54) is 0 Å². The van der Waals surface area contributed by atoms with Crippen LogP contribution in [-0.4, -0.2) is 48.1 Å². The topological polar surface area (TPSA) is 71.8 Å². The van der Waals surface area contributed by atoms with Crippen molar-refractivity contribution in [2.75, 3.05) is 19.7 Å². The van der Waals surface area contributed by atoms with Gasteiger partial charge < -0.3 is 19.4 Å². The molecule has 3 rings (SSSR count). The van der Waals surface area contributed by atoms with Crippen molar-refractivity contribution in [1.82, 2.24) is 10.2 Å². The molecule has 4 unspecified atom stereocenters. The van der Waals surface area contributed by atoms with Crippen molar-refractivity contribution in [1.29, 1.82) is 0 Å². The number of carbonyl (C=O) groups is 2. The van der Waals surface area contributed by atoms with Crippen LogP contribution in [0.3, 0.4) is 0 Å². The Morgan fingerprint density at radius 1 is 1.44 bits per heavy atom. The molecule has 2 heterocycles. The lowest BCUT2D eigenvalue weighted by atomic mass is 10.0. The summed E-state index contributed by atoms with van der Waals surface area (Å²) in [6, 6.07) is 1.75. The number of furan rings is 1. The second kappa shape index (κ2) is 6.48. The van der Waals surface area contributed by atoms with Gasteiger partial charge in [0.05, 0.1) is 23.1 Å². The SMILES string of the molecule is CCOC1C(C)C1C(=O)N1CCC(C)(NC(=O)c2cc(C)oc2C)C1. The zero-order valence-electron chi connectivity index (χ0n) is 15.7. The van der Waals surface area contributed by atoms with Crippen LogP contribution in [0.5, 0.6) is 0 Å². The van der Waals surface area contributed by atoms with Crippen molar-refractivity contribution in [2.24, 2.45) is 11.8 Å². The maximum atomic E-state index is 12.7. The predicted molar refractivity (Wildman–Crippen MR) is 93.3 cm³/mol. The Kier molecular flexibility index (Phi) is 4.66. The van der Waals surface area contributed by atoms with Crippen molar-refractivity contribution in [3.63, 3.8) is 0 Å². The molecule has 2 fully saturated rings. The van der Waals surface area contributed by atoms with Crippen LogP contribution in [-0.2, 0) is 9.53 Å². The van der Waals surface area contributed by atoms with E-state index in [2.05, 4.69) is 12.2 Å². The van der Waals surface area contributed by atoms with Crippen LogP contribution in [0.25, 0.3) is 0 Å². The molecule has 0 spiro atoms. The number of nitrogens with zero attached hydrogens (tertiary/aromatic N) is 1. The van der Waals surface area contributed by atoms with Gasteiger partial charge in [-0.2, -0.15) is 0 Å². The highest BCUT2D eigenvalue weighted by atomic mass is 16.5. The zero-order valence-corrected chi connectivity index (χ0v) is 15.7. The fourth-order valence-electron chi connectivity index (χ4n) is 3.90. The molecule has 2 aliphatic rings. The molecule has 1 N–H and O–H groups in total. The van der Waals surface area contributed by atoms with Crippen molar-refractivity contribution in [3.05, 3.63) is 23.2 Å². The van der Waals surface area contributed by atoms with Crippen LogP contribution in [0.2, 0.25) is 0 Å². The minimum Gasteiger partial charge on any atom is -0.466 e. The molecule has 1 aliphatic heterocycles. The standard InChI is InChI=1S/C19H28N2O4/c1-6-24-16-12(3)15(16)18(23)21-8-7-19(5,10-21)20-17(22)14-9-11(2)25-13(14)4/h9,12,15-16H,6-8,10H2,1-5H3,(H,20,22). The Morgan fingerprint density at radius 3 is 2.76 bits per heavy atom. The summed E-state index contributed by atoms with van der Waals surface area (Å²) < 4.78 is 11.1. The van der Waals surface area contributed by atoms with Crippen LogP contribution in [0.4, 0.5) is 0 Å². The van der Waals surface area contributed by atoms with Gasteiger partial charge >= 0.3 is 0 Å². The number of amides is 2. The Hall–Kier alpha value is -1.82. The average molecular weight is 348 g/mol. The molecule has 2 amide bonds. The molecule has 1 aromatic rings. The number of carbonyl (C=O) groups excluding carboxylic acids is 2. The molecule has 6 heteroatoms. The number of hydrogen-bond acceptors (Lipinski definition) is 4. The van der Waals surface area contributed by atoms with E-state index >= 15 is 0 Å². The lowest BCUT2D eigenvalue weighted by Crippen LogP contribution is -2.48. The third kappa shape index (κ3) is 3.45. The highest BCUT2D eigenvalue weighted by molar-refractivity contribution is 5.96. The molecule has 0 aromatic carbocycles. The minimum atomic E-state index is -0.413. The molecule has 1 saturated carbocycles. The Balaban J connectivity index is 1.60. The Labute approximate surface area is 148 Å². The number of likely N-dealkylation sites (tertiary alicyclic amines) is 1. The van der Waals surface area contributed by atoms with Crippen LogP contribution < -0.4 is 5.32 Å². The minimum absolute atomic E-state index is 0.0308. The summed E-state index contributed by atoms with van der Waals surface area (Å²) in [5, 5.41) is 3.09. The van der Waals surface area contributed by atoms with Gasteiger partial charge in [0.2, 0.25) is 5.91 Å². The smallest absolute Gasteiger partial charge is 0.255 e. The molecule has 1 aromatic heterocycles. The Morgan fingerprint density at radius 2 is 2.16 bits per heavy atom. The summed E-state index contributed by atoms with van der Waals surface area (Å²) in [5.74, 6) is 1.61. The largest absolute Gasteiger partial charge is 0.466 e. The van der Waals surface area contributed by atoms with E-state index in [1.54, 1.807) is 13.0 Å². The molecule has 0 bridgehead atoms. The van der Waals surface area contributed by atoms with E-state index in [1.807, 2.05) is 25.7 Å². The van der Waals surface area contributed by atoms with Gasteiger partial charge in [-0.15, -0.1) is 0 Å². The second-order valence-electron chi connectivity index (χ2n) is 7.66. The van der Waals surface area contributed by atoms with Gasteiger partial charge in [-0.05, 0) is 46.1 Å². The number of aryl methyl sites for hydroxylation is 2. The van der Waals surface area contributed by atoms with E-state index in [9.17, 15) is 9.59 Å². The number of hydrogen-bond donors (Lipinski definition) is 1. The van der Waals surface area contributed by atoms with Gasteiger partial charge in [0.15, 0.2) is 0 Å². The normalized spacial score (nSPS) is 31.2. The fraction of sp³-hybridized carbons (Fsp3) is 0.684. The quantitative estimate of drug-likeness (QED) is 0.886. The Bertz CT molecular complexity index is 683. The lowest BCUT2D eigenvalue weighted by Gasteiger charge is -2.26. The molecule has 6 nitrogen and oxygen atoms in total. The van der Waals surface area contributed by atoms with Crippen molar-refractivity contribution < 1.29 is 18.7 Å². The highest BCUT2D eigenvalue weighted by Gasteiger charge is 2.55. The van der Waals surface area contributed by atoms with Gasteiger partial charge in [-0.3, -0.25) is 9.59 Å². The summed E-state index contributed by atoms with van der Waals surface area (Å²) in [7, 11) is 0. The average Bonchev–Trinajstić information content (AvgIpc) is 2.85. The molecule has 1 aliphatic carbocycles. The second-order valence-corrected chi connectivity index (χ2v) is 7.66. The van der Waals surface area contributed by atoms with Crippen molar-refractivity contribution in [2.45, 2.75) is 52.7 Å². The first-order valence-corrected chi connectivity index (χ1v) is 9.05. The van der Waals surface area contributed by atoms with Gasteiger partial charge in [-0.25, -0.2) is 0 Å². The molecule has 0 radical (unpaired) electrons. The first-order chi connectivity index (χ1) is 11.8. The maximum absolute atomic E-state index is 12.7. The first kappa shape index (κ1) is 18.0. The predicted octanol–water partition coefficient (Wildman–Crippen LogP) is 2.29.